The summed E-state index contributed by atoms with van der Waals surface area (Å²) in [6, 6.07) is 5.49. The Hall–Kier alpha value is -1.64. The summed E-state index contributed by atoms with van der Waals surface area (Å²) in [5.41, 5.74) is 1.23. The fraction of sp³-hybridized carbons (Fsp3) is 0.438. The van der Waals surface area contributed by atoms with E-state index in [9.17, 15) is 4.79 Å². The first-order chi connectivity index (χ1) is 10.2. The van der Waals surface area contributed by atoms with Crippen LogP contribution in [0.1, 0.15) is 22.8 Å². The van der Waals surface area contributed by atoms with Crippen LogP contribution in [0, 0.1) is 11.8 Å². The van der Waals surface area contributed by atoms with Gasteiger partial charge in [-0.25, -0.2) is 0 Å². The van der Waals surface area contributed by atoms with Gasteiger partial charge >= 0.3 is 0 Å². The van der Waals surface area contributed by atoms with Gasteiger partial charge in [0.15, 0.2) is 0 Å². The van der Waals surface area contributed by atoms with Gasteiger partial charge in [-0.15, -0.1) is 0 Å². The van der Waals surface area contributed by atoms with Gasteiger partial charge in [0, 0.05) is 29.7 Å². The first kappa shape index (κ1) is 15.7. The summed E-state index contributed by atoms with van der Waals surface area (Å²) in [4.78, 5) is 14.5. The number of benzene rings is 1. The number of aliphatic hydroxyl groups excluding tert-OH is 1. The topological polar surface area (TPSA) is 49.8 Å². The molecule has 1 atom stereocenters. The van der Waals surface area contributed by atoms with Crippen LogP contribution in [-0.2, 0) is 0 Å². The van der Waals surface area contributed by atoms with Crippen molar-refractivity contribution in [3.05, 3.63) is 29.3 Å². The zero-order valence-corrected chi connectivity index (χ0v) is 13.1. The van der Waals surface area contributed by atoms with Gasteiger partial charge in [0.25, 0.3) is 5.91 Å². The summed E-state index contributed by atoms with van der Waals surface area (Å²) in [6.07, 6.45) is 0. The van der Waals surface area contributed by atoms with Crippen molar-refractivity contribution < 1.29 is 14.6 Å². The molecular formula is C16H19NO3S. The fourth-order valence-corrected chi connectivity index (χ4v) is 3.28. The Labute approximate surface area is 129 Å². The van der Waals surface area contributed by atoms with Crippen LogP contribution in [0.5, 0.6) is 5.75 Å². The van der Waals surface area contributed by atoms with E-state index in [4.69, 9.17) is 9.84 Å². The highest BCUT2D eigenvalue weighted by molar-refractivity contribution is 7.99. The maximum Gasteiger partial charge on any atom is 0.254 e. The lowest BCUT2D eigenvalue weighted by Crippen LogP contribution is -2.44. The number of nitrogens with zero attached hydrogens (tertiary/aromatic N) is 1. The van der Waals surface area contributed by atoms with Gasteiger partial charge in [-0.1, -0.05) is 11.8 Å². The number of aliphatic hydroxyl groups is 1. The number of carbonyl (C=O) groups excluding carboxylic acids is 1. The summed E-state index contributed by atoms with van der Waals surface area (Å²) in [7, 11) is 1.56. The molecule has 0 aliphatic carbocycles. The van der Waals surface area contributed by atoms with Crippen molar-refractivity contribution >= 4 is 17.7 Å². The molecule has 1 aliphatic rings. The van der Waals surface area contributed by atoms with Crippen LogP contribution in [0.25, 0.3) is 0 Å². The van der Waals surface area contributed by atoms with Crippen LogP contribution < -0.4 is 4.74 Å². The quantitative estimate of drug-likeness (QED) is 0.844. The lowest BCUT2D eigenvalue weighted by atomic mass is 10.1. The zero-order chi connectivity index (χ0) is 15.2. The Morgan fingerprint density at radius 2 is 2.38 bits per heavy atom. The number of hydrogen-bond donors (Lipinski definition) is 1. The Morgan fingerprint density at radius 3 is 3.05 bits per heavy atom. The number of methoxy groups -OCH3 is 1. The third-order valence-electron chi connectivity index (χ3n) is 3.38. The van der Waals surface area contributed by atoms with Crippen molar-refractivity contribution in [1.29, 1.82) is 0 Å². The highest BCUT2D eigenvalue weighted by Crippen LogP contribution is 2.23. The van der Waals surface area contributed by atoms with Gasteiger partial charge in [-0.3, -0.25) is 4.79 Å². The summed E-state index contributed by atoms with van der Waals surface area (Å²) in [6.45, 7) is 2.62. The van der Waals surface area contributed by atoms with E-state index >= 15 is 0 Å². The van der Waals surface area contributed by atoms with E-state index in [-0.39, 0.29) is 18.6 Å². The van der Waals surface area contributed by atoms with Gasteiger partial charge in [0.05, 0.1) is 12.7 Å². The van der Waals surface area contributed by atoms with Crippen molar-refractivity contribution in [3.8, 4) is 17.6 Å². The van der Waals surface area contributed by atoms with E-state index < -0.39 is 0 Å². The second kappa shape index (κ2) is 7.39. The van der Waals surface area contributed by atoms with Crippen LogP contribution in [0.2, 0.25) is 0 Å². The minimum absolute atomic E-state index is 0.0255. The fourth-order valence-electron chi connectivity index (χ4n) is 2.27. The van der Waals surface area contributed by atoms with E-state index in [1.165, 1.54) is 0 Å². The molecule has 0 radical (unpaired) electrons. The van der Waals surface area contributed by atoms with Gasteiger partial charge in [-0.05, 0) is 25.1 Å². The zero-order valence-electron chi connectivity index (χ0n) is 12.3. The van der Waals surface area contributed by atoms with E-state index in [1.807, 2.05) is 16.7 Å². The summed E-state index contributed by atoms with van der Waals surface area (Å²) in [5, 5.41) is 8.82. The molecule has 4 nitrogen and oxygen atoms in total. The van der Waals surface area contributed by atoms with Crippen LogP contribution >= 0.6 is 11.8 Å². The molecule has 1 unspecified atom stereocenters. The SMILES string of the molecule is COc1ccc(C(=O)N2CCSCC2C)cc1C#CCO. The van der Waals surface area contributed by atoms with E-state index in [0.29, 0.717) is 16.9 Å². The Morgan fingerprint density at radius 1 is 1.57 bits per heavy atom. The van der Waals surface area contributed by atoms with Crippen LogP contribution in [-0.4, -0.2) is 53.7 Å². The van der Waals surface area contributed by atoms with E-state index in [1.54, 1.807) is 25.3 Å². The summed E-state index contributed by atoms with van der Waals surface area (Å²) < 4.78 is 5.23. The molecule has 1 N–H and O–H groups in total. The minimum atomic E-state index is -0.221. The molecule has 0 bridgehead atoms. The van der Waals surface area contributed by atoms with Crippen molar-refractivity contribution in [2.45, 2.75) is 13.0 Å². The molecule has 0 spiro atoms. The van der Waals surface area contributed by atoms with Crippen LogP contribution in [0.15, 0.2) is 18.2 Å². The van der Waals surface area contributed by atoms with Crippen molar-refractivity contribution in [2.75, 3.05) is 31.8 Å². The van der Waals surface area contributed by atoms with Crippen molar-refractivity contribution in [2.24, 2.45) is 0 Å². The second-order valence-electron chi connectivity index (χ2n) is 4.80. The highest BCUT2D eigenvalue weighted by Gasteiger charge is 2.24. The third kappa shape index (κ3) is 3.72. The maximum atomic E-state index is 12.6. The first-order valence-electron chi connectivity index (χ1n) is 6.84. The van der Waals surface area contributed by atoms with E-state index in [0.717, 1.165) is 18.1 Å². The Kier molecular flexibility index (Phi) is 5.54. The predicted molar refractivity (Wildman–Crippen MR) is 84.8 cm³/mol. The molecule has 1 amide bonds. The number of thioether (sulfide) groups is 1. The van der Waals surface area contributed by atoms with Crippen molar-refractivity contribution in [1.82, 2.24) is 4.90 Å². The lowest BCUT2D eigenvalue weighted by molar-refractivity contribution is 0.0716. The highest BCUT2D eigenvalue weighted by atomic mass is 32.2. The molecule has 0 aromatic heterocycles. The Bertz CT molecular complexity index is 577. The third-order valence-corrected chi connectivity index (χ3v) is 4.57. The molecule has 1 aromatic carbocycles. The summed E-state index contributed by atoms with van der Waals surface area (Å²) in [5.74, 6) is 7.99. The molecule has 112 valence electrons. The van der Waals surface area contributed by atoms with Gasteiger partial charge < -0.3 is 14.7 Å². The number of amides is 1. The number of rotatable bonds is 2. The minimum Gasteiger partial charge on any atom is -0.495 e. The number of ether oxygens (including phenoxy) is 1. The number of carbonyl (C=O) groups is 1. The molecule has 1 heterocycles. The Balaban J connectivity index is 2.28. The van der Waals surface area contributed by atoms with Gasteiger partial charge in [0.1, 0.15) is 12.4 Å². The first-order valence-corrected chi connectivity index (χ1v) is 7.99. The number of hydrogen-bond acceptors (Lipinski definition) is 4. The predicted octanol–water partition coefficient (Wildman–Crippen LogP) is 1.62. The van der Waals surface area contributed by atoms with Crippen LogP contribution in [0.4, 0.5) is 0 Å². The molecule has 2 rings (SSSR count). The molecule has 1 fully saturated rings. The molecule has 5 heteroatoms. The average Bonchev–Trinajstić information content (AvgIpc) is 2.52. The van der Waals surface area contributed by atoms with Crippen LogP contribution in [0.3, 0.4) is 0 Å². The van der Waals surface area contributed by atoms with Crippen molar-refractivity contribution in [3.63, 3.8) is 0 Å². The lowest BCUT2D eigenvalue weighted by Gasteiger charge is -2.33. The van der Waals surface area contributed by atoms with Gasteiger partial charge in [-0.2, -0.15) is 11.8 Å². The monoisotopic (exact) mass is 305 g/mol. The summed E-state index contributed by atoms with van der Waals surface area (Å²) >= 11 is 1.88. The molecule has 1 aromatic rings. The molecule has 0 saturated carbocycles. The second-order valence-corrected chi connectivity index (χ2v) is 5.95. The van der Waals surface area contributed by atoms with Gasteiger partial charge in [0.2, 0.25) is 0 Å². The molecule has 1 aliphatic heterocycles. The smallest absolute Gasteiger partial charge is 0.254 e. The molecular weight excluding hydrogens is 286 g/mol. The standard InChI is InChI=1S/C16H19NO3S/c1-12-11-21-9-7-17(12)16(19)14-5-6-15(20-2)13(10-14)4-3-8-18/h5-6,10,12,18H,7-9,11H2,1-2H3. The molecule has 1 saturated heterocycles. The van der Waals surface area contributed by atoms with E-state index in [2.05, 4.69) is 18.8 Å². The largest absolute Gasteiger partial charge is 0.495 e. The maximum absolute atomic E-state index is 12.6. The average molecular weight is 305 g/mol. The molecule has 21 heavy (non-hydrogen) atoms. The normalized spacial score (nSPS) is 17.9.